The Labute approximate surface area is 131 Å². The van der Waals surface area contributed by atoms with Crippen molar-refractivity contribution in [1.82, 2.24) is 10.2 Å². The molecule has 1 N–H and O–H groups in total. The van der Waals surface area contributed by atoms with Crippen molar-refractivity contribution in [2.45, 2.75) is 25.3 Å². The number of hydrogen-bond acceptors (Lipinski definition) is 2. The molecule has 1 amide bonds. The van der Waals surface area contributed by atoms with Gasteiger partial charge in [0.25, 0.3) is 5.91 Å². The number of carbonyl (C=O) groups excluding carboxylic acids is 1. The third kappa shape index (κ3) is 2.73. The van der Waals surface area contributed by atoms with Gasteiger partial charge >= 0.3 is 0 Å². The van der Waals surface area contributed by atoms with Crippen LogP contribution >= 0.6 is 0 Å². The second-order valence-corrected chi connectivity index (χ2v) is 6.71. The fourth-order valence-electron chi connectivity index (χ4n) is 3.90. The van der Waals surface area contributed by atoms with Crippen LogP contribution in [-0.2, 0) is 0 Å². The molecule has 2 aromatic carbocycles. The van der Waals surface area contributed by atoms with E-state index in [1.807, 2.05) is 30.3 Å². The van der Waals surface area contributed by atoms with Crippen molar-refractivity contribution in [2.24, 2.45) is 5.92 Å². The Morgan fingerprint density at radius 3 is 2.64 bits per heavy atom. The fraction of sp³-hybridized carbons (Fsp3) is 0.421. The van der Waals surface area contributed by atoms with Crippen molar-refractivity contribution in [2.75, 3.05) is 19.6 Å². The van der Waals surface area contributed by atoms with E-state index in [0.717, 1.165) is 29.8 Å². The zero-order valence-electron chi connectivity index (χ0n) is 12.8. The molecule has 0 spiro atoms. The average molecular weight is 294 g/mol. The summed E-state index contributed by atoms with van der Waals surface area (Å²) in [5, 5.41) is 5.56. The lowest BCUT2D eigenvalue weighted by atomic mass is 9.94. The summed E-state index contributed by atoms with van der Waals surface area (Å²) in [7, 11) is 0. The van der Waals surface area contributed by atoms with Crippen LogP contribution in [0.4, 0.5) is 0 Å². The molecule has 114 valence electrons. The molecule has 0 aromatic heterocycles. The first-order chi connectivity index (χ1) is 10.8. The second kappa shape index (κ2) is 5.73. The van der Waals surface area contributed by atoms with Crippen LogP contribution in [0.15, 0.2) is 42.5 Å². The first-order valence-corrected chi connectivity index (χ1v) is 8.30. The predicted molar refractivity (Wildman–Crippen MR) is 89.0 cm³/mol. The van der Waals surface area contributed by atoms with Gasteiger partial charge < -0.3 is 10.2 Å². The largest absolute Gasteiger partial charge is 0.348 e. The molecule has 2 bridgehead atoms. The maximum absolute atomic E-state index is 12.6. The molecule has 0 aliphatic carbocycles. The predicted octanol–water partition coefficient (Wildman–Crippen LogP) is 3.05. The van der Waals surface area contributed by atoms with Crippen LogP contribution < -0.4 is 5.32 Å². The maximum atomic E-state index is 12.6. The van der Waals surface area contributed by atoms with Gasteiger partial charge in [0, 0.05) is 18.2 Å². The van der Waals surface area contributed by atoms with Crippen molar-refractivity contribution in [3.8, 4) is 0 Å². The second-order valence-electron chi connectivity index (χ2n) is 6.71. The minimum Gasteiger partial charge on any atom is -0.348 e. The molecule has 3 fully saturated rings. The van der Waals surface area contributed by atoms with Gasteiger partial charge in [-0.25, -0.2) is 0 Å². The number of fused-ring (bicyclic) bond motifs is 5. The van der Waals surface area contributed by atoms with E-state index in [-0.39, 0.29) is 5.91 Å². The summed E-state index contributed by atoms with van der Waals surface area (Å²) < 4.78 is 0. The van der Waals surface area contributed by atoms with E-state index in [1.54, 1.807) is 0 Å². The van der Waals surface area contributed by atoms with Gasteiger partial charge in [0.15, 0.2) is 0 Å². The van der Waals surface area contributed by atoms with Gasteiger partial charge in [-0.15, -0.1) is 0 Å². The SMILES string of the molecule is O=C(N[C@@H]1CC2CCN(CC2)C1)c1ccc2ccccc2c1. The molecule has 3 aliphatic rings. The molecule has 3 aliphatic heterocycles. The summed E-state index contributed by atoms with van der Waals surface area (Å²) in [6, 6.07) is 14.4. The molecule has 5 rings (SSSR count). The smallest absolute Gasteiger partial charge is 0.251 e. The van der Waals surface area contributed by atoms with Gasteiger partial charge in [-0.2, -0.15) is 0 Å². The molecule has 0 radical (unpaired) electrons. The Morgan fingerprint density at radius 1 is 1.05 bits per heavy atom. The molecule has 3 heteroatoms. The molecule has 0 saturated carbocycles. The Hall–Kier alpha value is -1.87. The highest BCUT2D eigenvalue weighted by Crippen LogP contribution is 2.27. The van der Waals surface area contributed by atoms with Gasteiger partial charge in [-0.1, -0.05) is 30.3 Å². The lowest BCUT2D eigenvalue weighted by Crippen LogP contribution is -2.41. The molecular weight excluding hydrogens is 272 g/mol. The van der Waals surface area contributed by atoms with Crippen molar-refractivity contribution < 1.29 is 4.79 Å². The first-order valence-electron chi connectivity index (χ1n) is 8.30. The minimum absolute atomic E-state index is 0.0678. The van der Waals surface area contributed by atoms with Crippen molar-refractivity contribution in [1.29, 1.82) is 0 Å². The summed E-state index contributed by atoms with van der Waals surface area (Å²) in [6.07, 6.45) is 3.72. The van der Waals surface area contributed by atoms with Crippen LogP contribution in [0.5, 0.6) is 0 Å². The Morgan fingerprint density at radius 2 is 1.82 bits per heavy atom. The zero-order valence-corrected chi connectivity index (χ0v) is 12.8. The molecule has 3 nitrogen and oxygen atoms in total. The van der Waals surface area contributed by atoms with Gasteiger partial charge in [-0.3, -0.25) is 4.79 Å². The summed E-state index contributed by atoms with van der Waals surface area (Å²) in [5.41, 5.74) is 0.769. The normalized spacial score (nSPS) is 27.5. The van der Waals surface area contributed by atoms with E-state index in [1.165, 1.54) is 31.3 Å². The van der Waals surface area contributed by atoms with Crippen LogP contribution in [0, 0.1) is 5.92 Å². The summed E-state index contributed by atoms with van der Waals surface area (Å²) in [5.74, 6) is 0.860. The summed E-state index contributed by atoms with van der Waals surface area (Å²) in [6.45, 7) is 3.41. The number of amides is 1. The monoisotopic (exact) mass is 294 g/mol. The third-order valence-electron chi connectivity index (χ3n) is 5.15. The van der Waals surface area contributed by atoms with E-state index < -0.39 is 0 Å². The maximum Gasteiger partial charge on any atom is 0.251 e. The standard InChI is InChI=1S/C19H22N2O/c22-19(17-6-5-15-3-1-2-4-16(15)12-17)20-18-11-14-7-9-21(13-18)10-8-14/h1-6,12,14,18H,7-11,13H2,(H,20,22)/t18-/m1/s1. The lowest BCUT2D eigenvalue weighted by Gasteiger charge is -2.26. The highest BCUT2D eigenvalue weighted by Gasteiger charge is 2.29. The molecule has 0 unspecified atom stereocenters. The Bertz CT molecular complexity index is 675. The van der Waals surface area contributed by atoms with Crippen molar-refractivity contribution in [3.63, 3.8) is 0 Å². The fourth-order valence-corrected chi connectivity index (χ4v) is 3.90. The van der Waals surface area contributed by atoms with Crippen molar-refractivity contribution >= 4 is 16.7 Å². The van der Waals surface area contributed by atoms with E-state index in [0.29, 0.717) is 6.04 Å². The molecule has 2 aromatic rings. The highest BCUT2D eigenvalue weighted by molar-refractivity contribution is 5.98. The number of benzene rings is 2. The number of carbonyl (C=O) groups is 1. The van der Waals surface area contributed by atoms with Gasteiger partial charge in [0.1, 0.15) is 0 Å². The summed E-state index contributed by atoms with van der Waals surface area (Å²) in [4.78, 5) is 15.1. The summed E-state index contributed by atoms with van der Waals surface area (Å²) >= 11 is 0. The van der Waals surface area contributed by atoms with Crippen LogP contribution in [0.25, 0.3) is 10.8 Å². The molecule has 3 heterocycles. The van der Waals surface area contributed by atoms with E-state index in [2.05, 4.69) is 22.3 Å². The molecular formula is C19H22N2O. The molecule has 1 atom stereocenters. The van der Waals surface area contributed by atoms with Gasteiger partial charge in [0.2, 0.25) is 0 Å². The van der Waals surface area contributed by atoms with Crippen molar-refractivity contribution in [3.05, 3.63) is 48.0 Å². The van der Waals surface area contributed by atoms with Crippen LogP contribution in [0.1, 0.15) is 29.6 Å². The van der Waals surface area contributed by atoms with E-state index in [4.69, 9.17) is 0 Å². The average Bonchev–Trinajstić information content (AvgIpc) is 2.86. The topological polar surface area (TPSA) is 32.3 Å². The van der Waals surface area contributed by atoms with Crippen LogP contribution in [0.2, 0.25) is 0 Å². The number of hydrogen-bond donors (Lipinski definition) is 1. The quantitative estimate of drug-likeness (QED) is 0.923. The van der Waals surface area contributed by atoms with E-state index in [9.17, 15) is 4.79 Å². The van der Waals surface area contributed by atoms with Crippen LogP contribution in [0.3, 0.4) is 0 Å². The highest BCUT2D eigenvalue weighted by atomic mass is 16.1. The number of nitrogens with one attached hydrogen (secondary N) is 1. The Kier molecular flexibility index (Phi) is 3.59. The first kappa shape index (κ1) is 13.8. The molecule has 22 heavy (non-hydrogen) atoms. The molecule has 3 saturated heterocycles. The number of piperidine rings is 1. The zero-order chi connectivity index (χ0) is 14.9. The third-order valence-corrected chi connectivity index (χ3v) is 5.15. The van der Waals surface area contributed by atoms with E-state index >= 15 is 0 Å². The van der Waals surface area contributed by atoms with Gasteiger partial charge in [-0.05, 0) is 61.2 Å². The Balaban J connectivity index is 1.51. The van der Waals surface area contributed by atoms with Crippen LogP contribution in [-0.4, -0.2) is 36.5 Å². The number of nitrogens with zero attached hydrogens (tertiary/aromatic N) is 1. The van der Waals surface area contributed by atoms with Gasteiger partial charge in [0.05, 0.1) is 0 Å². The lowest BCUT2D eigenvalue weighted by molar-refractivity contribution is 0.0929. The number of rotatable bonds is 2. The minimum atomic E-state index is 0.0678.